The van der Waals surface area contributed by atoms with Crippen molar-refractivity contribution in [1.29, 1.82) is 0 Å². The molecule has 0 fully saturated rings. The molecule has 0 aliphatic heterocycles. The molecule has 1 aromatic rings. The molecule has 1 heterocycles. The first-order valence-corrected chi connectivity index (χ1v) is 2.10. The average Bonchev–Trinajstić information content (AvgIpc) is 1.91. The maximum Gasteiger partial charge on any atom is 0.111 e. The van der Waals surface area contributed by atoms with Gasteiger partial charge in [0, 0.05) is 6.92 Å². The summed E-state index contributed by atoms with van der Waals surface area (Å²) in [6.45, 7) is 7.17. The van der Waals surface area contributed by atoms with Gasteiger partial charge in [-0.05, 0) is 18.6 Å². The Morgan fingerprint density at radius 1 is 1.71 bits per heavy atom. The van der Waals surface area contributed by atoms with E-state index in [1.54, 1.807) is 6.26 Å². The van der Waals surface area contributed by atoms with Crippen LogP contribution in [0, 0.1) is 13.8 Å². The van der Waals surface area contributed by atoms with Crippen molar-refractivity contribution < 1.29 is 4.42 Å². The van der Waals surface area contributed by atoms with Crippen molar-refractivity contribution in [2.45, 2.75) is 6.92 Å². The van der Waals surface area contributed by atoms with Crippen molar-refractivity contribution in [2.75, 3.05) is 0 Å². The summed E-state index contributed by atoms with van der Waals surface area (Å²) >= 11 is 0. The van der Waals surface area contributed by atoms with Gasteiger partial charge in [0.1, 0.15) is 5.76 Å². The van der Waals surface area contributed by atoms with Crippen LogP contribution >= 0.6 is 0 Å². The van der Waals surface area contributed by atoms with Crippen LogP contribution in [0.25, 0.3) is 0 Å². The number of rotatable bonds is 0. The van der Waals surface area contributed by atoms with Gasteiger partial charge in [0.25, 0.3) is 0 Å². The van der Waals surface area contributed by atoms with E-state index in [-0.39, 0.29) is 0 Å². The zero-order valence-electron chi connectivity index (χ0n) is 4.14. The van der Waals surface area contributed by atoms with Gasteiger partial charge < -0.3 is 4.42 Å². The Kier molecular flexibility index (Phi) is 0.895. The van der Waals surface area contributed by atoms with Crippen LogP contribution in [0.4, 0.5) is 0 Å². The first-order valence-electron chi connectivity index (χ1n) is 2.10. The van der Waals surface area contributed by atoms with E-state index in [0.29, 0.717) is 5.76 Å². The Labute approximate surface area is 43.0 Å². The summed E-state index contributed by atoms with van der Waals surface area (Å²) < 4.78 is 4.74. The number of aryl methyl sites for hydroxylation is 1. The van der Waals surface area contributed by atoms with E-state index in [9.17, 15) is 0 Å². The summed E-state index contributed by atoms with van der Waals surface area (Å²) in [6, 6.07) is 1.83. The first kappa shape index (κ1) is 4.44. The van der Waals surface area contributed by atoms with E-state index in [1.807, 2.05) is 13.0 Å². The van der Waals surface area contributed by atoms with Crippen LogP contribution in [0.15, 0.2) is 16.7 Å². The second-order valence-corrected chi connectivity index (χ2v) is 1.47. The van der Waals surface area contributed by atoms with E-state index in [1.165, 1.54) is 0 Å². The zero-order valence-corrected chi connectivity index (χ0v) is 4.14. The summed E-state index contributed by atoms with van der Waals surface area (Å²) in [5, 5.41) is 0. The van der Waals surface area contributed by atoms with Crippen LogP contribution < -0.4 is 0 Å². The smallest absolute Gasteiger partial charge is 0.111 e. The fraction of sp³-hybridized carbons (Fsp3) is 0.167. The highest BCUT2D eigenvalue weighted by Gasteiger charge is 1.89. The normalized spacial score (nSPS) is 9.43. The molecule has 2 radical (unpaired) electrons. The number of hydrogen-bond donors (Lipinski definition) is 0. The molecule has 0 N–H and O–H groups in total. The highest BCUT2D eigenvalue weighted by molar-refractivity contribution is 5.16. The standard InChI is InChI=1S/C6H6O/c1-5-3-4-7-6(5)2/h2-4H,1H3. The van der Waals surface area contributed by atoms with Gasteiger partial charge in [-0.15, -0.1) is 0 Å². The predicted octanol–water partition coefficient (Wildman–Crippen LogP) is 1.65. The fourth-order valence-electron chi connectivity index (χ4n) is 0.384. The molecule has 0 aliphatic rings. The average molecular weight is 94.1 g/mol. The lowest BCUT2D eigenvalue weighted by Gasteiger charge is -1.78. The van der Waals surface area contributed by atoms with Crippen LogP contribution in [-0.4, -0.2) is 0 Å². The fourth-order valence-corrected chi connectivity index (χ4v) is 0.384. The van der Waals surface area contributed by atoms with Crippen LogP contribution in [0.3, 0.4) is 0 Å². The van der Waals surface area contributed by atoms with E-state index < -0.39 is 0 Å². The maximum absolute atomic E-state index is 5.27. The quantitative estimate of drug-likeness (QED) is 0.476. The molecule has 0 unspecified atom stereocenters. The molecule has 0 amide bonds. The molecule has 7 heavy (non-hydrogen) atoms. The third-order valence-corrected chi connectivity index (χ3v) is 0.902. The number of hydrogen-bond acceptors (Lipinski definition) is 1. The van der Waals surface area contributed by atoms with Gasteiger partial charge >= 0.3 is 0 Å². The molecule has 0 atom stereocenters. The molecule has 0 saturated carbocycles. The predicted molar refractivity (Wildman–Crippen MR) is 26.8 cm³/mol. The SMILES string of the molecule is [CH]c1occc1C. The Bertz CT molecular complexity index is 136. The van der Waals surface area contributed by atoms with Crippen molar-refractivity contribution >= 4 is 0 Å². The molecule has 1 aromatic heterocycles. The first-order chi connectivity index (χ1) is 3.30. The molecule has 0 aromatic carbocycles. The van der Waals surface area contributed by atoms with Crippen molar-refractivity contribution in [3.63, 3.8) is 0 Å². The van der Waals surface area contributed by atoms with Crippen molar-refractivity contribution in [3.8, 4) is 0 Å². The second-order valence-electron chi connectivity index (χ2n) is 1.47. The van der Waals surface area contributed by atoms with Crippen LogP contribution in [0.1, 0.15) is 11.3 Å². The largest absolute Gasteiger partial charge is 0.469 e. The number of furan rings is 1. The Hall–Kier alpha value is -0.720. The van der Waals surface area contributed by atoms with Crippen LogP contribution in [0.2, 0.25) is 0 Å². The molecule has 1 rings (SSSR count). The summed E-state index contributed by atoms with van der Waals surface area (Å²) in [5.74, 6) is 0.514. The molecule has 1 heteroatoms. The van der Waals surface area contributed by atoms with Crippen molar-refractivity contribution in [3.05, 3.63) is 30.6 Å². The minimum absolute atomic E-state index is 0.514. The van der Waals surface area contributed by atoms with Gasteiger partial charge in [0.15, 0.2) is 0 Å². The molecular formula is C6H6O. The third kappa shape index (κ3) is 0.660. The van der Waals surface area contributed by atoms with E-state index in [2.05, 4.69) is 0 Å². The Balaban J connectivity index is 3.12. The Morgan fingerprint density at radius 3 is 2.57 bits per heavy atom. The van der Waals surface area contributed by atoms with Crippen LogP contribution in [-0.2, 0) is 0 Å². The lowest BCUT2D eigenvalue weighted by Crippen LogP contribution is -1.63. The highest BCUT2D eigenvalue weighted by atomic mass is 16.3. The summed E-state index contributed by atoms with van der Waals surface area (Å²) in [4.78, 5) is 0. The monoisotopic (exact) mass is 94.0 g/mol. The summed E-state index contributed by atoms with van der Waals surface area (Å²) in [7, 11) is 0. The van der Waals surface area contributed by atoms with Crippen molar-refractivity contribution in [1.82, 2.24) is 0 Å². The molecule has 1 nitrogen and oxygen atoms in total. The van der Waals surface area contributed by atoms with Gasteiger partial charge in [0.05, 0.1) is 6.26 Å². The topological polar surface area (TPSA) is 13.1 Å². The van der Waals surface area contributed by atoms with Gasteiger partial charge in [0.2, 0.25) is 0 Å². The summed E-state index contributed by atoms with van der Waals surface area (Å²) in [6.07, 6.45) is 1.57. The molecule has 0 saturated heterocycles. The highest BCUT2D eigenvalue weighted by Crippen LogP contribution is 2.04. The van der Waals surface area contributed by atoms with E-state index in [4.69, 9.17) is 11.3 Å². The minimum atomic E-state index is 0.514. The van der Waals surface area contributed by atoms with Gasteiger partial charge in [-0.1, -0.05) is 0 Å². The molecule has 36 valence electrons. The summed E-state index contributed by atoms with van der Waals surface area (Å²) in [5.41, 5.74) is 1.00. The molecule has 0 bridgehead atoms. The van der Waals surface area contributed by atoms with Crippen LogP contribution in [0.5, 0.6) is 0 Å². The molecule has 0 spiro atoms. The minimum Gasteiger partial charge on any atom is -0.469 e. The van der Waals surface area contributed by atoms with Crippen molar-refractivity contribution in [2.24, 2.45) is 0 Å². The molecule has 0 aliphatic carbocycles. The molecular weight excluding hydrogens is 88.1 g/mol. The van der Waals surface area contributed by atoms with E-state index >= 15 is 0 Å². The lowest BCUT2D eigenvalue weighted by molar-refractivity contribution is 0.546. The zero-order chi connectivity index (χ0) is 5.28. The van der Waals surface area contributed by atoms with Gasteiger partial charge in [-0.25, -0.2) is 0 Å². The second kappa shape index (κ2) is 1.41. The van der Waals surface area contributed by atoms with Gasteiger partial charge in [-0.3, -0.25) is 0 Å². The maximum atomic E-state index is 5.27. The lowest BCUT2D eigenvalue weighted by atomic mass is 10.3. The Morgan fingerprint density at radius 2 is 2.43 bits per heavy atom. The van der Waals surface area contributed by atoms with E-state index in [0.717, 1.165) is 5.56 Å². The van der Waals surface area contributed by atoms with Gasteiger partial charge in [-0.2, -0.15) is 0 Å². The third-order valence-electron chi connectivity index (χ3n) is 0.902.